The quantitative estimate of drug-likeness (QED) is 0.673. The molecule has 2 aromatic rings. The minimum absolute atomic E-state index is 0.0131. The van der Waals surface area contributed by atoms with Crippen molar-refractivity contribution >= 4 is 17.2 Å². The van der Waals surface area contributed by atoms with Crippen LogP contribution in [0.2, 0.25) is 0 Å². The van der Waals surface area contributed by atoms with Crippen molar-refractivity contribution in [2.24, 2.45) is 0 Å². The topological polar surface area (TPSA) is 59.2 Å². The van der Waals surface area contributed by atoms with E-state index in [4.69, 9.17) is 5.73 Å². The molecule has 0 saturated heterocycles. The molecule has 0 amide bonds. The van der Waals surface area contributed by atoms with Gasteiger partial charge in [-0.05, 0) is 42.8 Å². The van der Waals surface area contributed by atoms with Gasteiger partial charge in [-0.3, -0.25) is 9.78 Å². The van der Waals surface area contributed by atoms with Crippen LogP contribution in [0.5, 0.6) is 0 Å². The number of rotatable bonds is 4. The summed E-state index contributed by atoms with van der Waals surface area (Å²) in [6.07, 6.45) is 3.55. The number of nitrogens with zero attached hydrogens (tertiary/aromatic N) is 2. The van der Waals surface area contributed by atoms with Crippen molar-refractivity contribution in [3.8, 4) is 0 Å². The van der Waals surface area contributed by atoms with Crippen LogP contribution in [0.15, 0.2) is 42.7 Å². The van der Waals surface area contributed by atoms with Crippen molar-refractivity contribution in [1.82, 2.24) is 4.98 Å². The second-order valence-electron chi connectivity index (χ2n) is 4.54. The monoisotopic (exact) mass is 255 g/mol. The molecule has 0 radical (unpaired) electrons. The van der Waals surface area contributed by atoms with Gasteiger partial charge in [0, 0.05) is 42.9 Å². The molecule has 2 rings (SSSR count). The first-order valence-electron chi connectivity index (χ1n) is 6.08. The molecule has 4 nitrogen and oxygen atoms in total. The lowest BCUT2D eigenvalue weighted by Gasteiger charge is -2.20. The van der Waals surface area contributed by atoms with E-state index in [1.54, 1.807) is 18.5 Å². The molecular formula is C15H17N3O. The van der Waals surface area contributed by atoms with Crippen LogP contribution in [-0.4, -0.2) is 17.8 Å². The van der Waals surface area contributed by atoms with E-state index in [1.165, 1.54) is 12.5 Å². The summed E-state index contributed by atoms with van der Waals surface area (Å²) in [5, 5.41) is 0. The lowest BCUT2D eigenvalue weighted by molar-refractivity contribution is 0.101. The summed E-state index contributed by atoms with van der Waals surface area (Å²) in [5.74, 6) is -0.0131. The third-order valence-corrected chi connectivity index (χ3v) is 3.02. The fourth-order valence-electron chi connectivity index (χ4n) is 1.96. The highest BCUT2D eigenvalue weighted by atomic mass is 16.1. The van der Waals surface area contributed by atoms with Crippen LogP contribution in [0.4, 0.5) is 11.4 Å². The molecule has 2 N–H and O–H groups in total. The third kappa shape index (κ3) is 3.10. The van der Waals surface area contributed by atoms with E-state index in [1.807, 2.05) is 31.3 Å². The van der Waals surface area contributed by atoms with Gasteiger partial charge >= 0.3 is 0 Å². The average molecular weight is 255 g/mol. The number of nitrogens with two attached hydrogens (primary N) is 1. The van der Waals surface area contributed by atoms with Gasteiger partial charge in [0.15, 0.2) is 5.78 Å². The molecule has 0 spiro atoms. The van der Waals surface area contributed by atoms with Crippen LogP contribution in [-0.2, 0) is 6.54 Å². The first kappa shape index (κ1) is 13.1. The van der Waals surface area contributed by atoms with Crippen LogP contribution in [0.3, 0.4) is 0 Å². The van der Waals surface area contributed by atoms with Gasteiger partial charge in [-0.2, -0.15) is 0 Å². The fourth-order valence-corrected chi connectivity index (χ4v) is 1.96. The van der Waals surface area contributed by atoms with Crippen molar-refractivity contribution in [3.63, 3.8) is 0 Å². The van der Waals surface area contributed by atoms with Gasteiger partial charge in [0.05, 0.1) is 0 Å². The Hall–Kier alpha value is -2.36. The Morgan fingerprint density at radius 1 is 1.26 bits per heavy atom. The Labute approximate surface area is 112 Å². The SMILES string of the molecule is CC(=O)c1ccc(N(C)Cc2ccncc2)cc1N. The number of aromatic nitrogens is 1. The number of carbonyl (C=O) groups excluding carboxylic acids is 1. The number of anilines is 2. The molecule has 1 aromatic heterocycles. The van der Waals surface area contributed by atoms with Crippen molar-refractivity contribution in [1.29, 1.82) is 0 Å². The molecule has 0 bridgehead atoms. The second-order valence-corrected chi connectivity index (χ2v) is 4.54. The minimum Gasteiger partial charge on any atom is -0.398 e. The number of hydrogen-bond donors (Lipinski definition) is 1. The zero-order valence-electron chi connectivity index (χ0n) is 11.1. The van der Waals surface area contributed by atoms with E-state index in [0.717, 1.165) is 12.2 Å². The minimum atomic E-state index is -0.0131. The molecule has 0 fully saturated rings. The summed E-state index contributed by atoms with van der Waals surface area (Å²) in [5.41, 5.74) is 9.14. The molecule has 1 aromatic carbocycles. The number of Topliss-reactive ketones (excluding diaryl/α,β-unsaturated/α-hetero) is 1. The number of carbonyl (C=O) groups is 1. The van der Waals surface area contributed by atoms with E-state index >= 15 is 0 Å². The second kappa shape index (κ2) is 5.52. The van der Waals surface area contributed by atoms with Gasteiger partial charge in [0.25, 0.3) is 0 Å². The van der Waals surface area contributed by atoms with Crippen molar-refractivity contribution < 1.29 is 4.79 Å². The van der Waals surface area contributed by atoms with Crippen LogP contribution >= 0.6 is 0 Å². The van der Waals surface area contributed by atoms with Crippen LogP contribution < -0.4 is 10.6 Å². The molecule has 1 heterocycles. The number of ketones is 1. The maximum atomic E-state index is 11.3. The number of hydrogen-bond acceptors (Lipinski definition) is 4. The maximum Gasteiger partial charge on any atom is 0.161 e. The molecule has 19 heavy (non-hydrogen) atoms. The van der Waals surface area contributed by atoms with Gasteiger partial charge in [0.2, 0.25) is 0 Å². The molecule has 0 atom stereocenters. The number of pyridine rings is 1. The summed E-state index contributed by atoms with van der Waals surface area (Å²) in [6, 6.07) is 9.47. The Morgan fingerprint density at radius 2 is 1.95 bits per heavy atom. The van der Waals surface area contributed by atoms with Gasteiger partial charge in [0.1, 0.15) is 0 Å². The zero-order valence-corrected chi connectivity index (χ0v) is 11.1. The number of benzene rings is 1. The van der Waals surface area contributed by atoms with Crippen LogP contribution in [0.25, 0.3) is 0 Å². The molecule has 0 aliphatic heterocycles. The van der Waals surface area contributed by atoms with Gasteiger partial charge in [-0.1, -0.05) is 0 Å². The Balaban J connectivity index is 2.18. The normalized spacial score (nSPS) is 10.2. The zero-order chi connectivity index (χ0) is 13.8. The van der Waals surface area contributed by atoms with Gasteiger partial charge in [-0.15, -0.1) is 0 Å². The van der Waals surface area contributed by atoms with E-state index < -0.39 is 0 Å². The molecule has 98 valence electrons. The molecular weight excluding hydrogens is 238 g/mol. The van der Waals surface area contributed by atoms with E-state index in [9.17, 15) is 4.79 Å². The highest BCUT2D eigenvalue weighted by molar-refractivity contribution is 5.99. The van der Waals surface area contributed by atoms with E-state index in [0.29, 0.717) is 11.3 Å². The molecule has 0 aliphatic rings. The summed E-state index contributed by atoms with van der Waals surface area (Å²) in [7, 11) is 1.99. The number of nitrogen functional groups attached to an aromatic ring is 1. The molecule has 4 heteroatoms. The van der Waals surface area contributed by atoms with E-state index in [2.05, 4.69) is 9.88 Å². The van der Waals surface area contributed by atoms with Crippen molar-refractivity contribution in [2.75, 3.05) is 17.7 Å². The van der Waals surface area contributed by atoms with Gasteiger partial charge < -0.3 is 10.6 Å². The molecule has 0 saturated carbocycles. The van der Waals surface area contributed by atoms with Crippen LogP contribution in [0, 0.1) is 0 Å². The first-order chi connectivity index (χ1) is 9.08. The lowest BCUT2D eigenvalue weighted by atomic mass is 10.1. The largest absolute Gasteiger partial charge is 0.398 e. The standard InChI is InChI=1S/C15H17N3O/c1-11(19)14-4-3-13(9-15(14)16)18(2)10-12-5-7-17-8-6-12/h3-9H,10,16H2,1-2H3. The smallest absolute Gasteiger partial charge is 0.161 e. The van der Waals surface area contributed by atoms with Crippen molar-refractivity contribution in [3.05, 3.63) is 53.9 Å². The predicted molar refractivity (Wildman–Crippen MR) is 77.2 cm³/mol. The average Bonchev–Trinajstić information content (AvgIpc) is 2.39. The van der Waals surface area contributed by atoms with Crippen molar-refractivity contribution in [2.45, 2.75) is 13.5 Å². The lowest BCUT2D eigenvalue weighted by Crippen LogP contribution is -2.17. The van der Waals surface area contributed by atoms with Crippen LogP contribution in [0.1, 0.15) is 22.8 Å². The van der Waals surface area contributed by atoms with Gasteiger partial charge in [-0.25, -0.2) is 0 Å². The third-order valence-electron chi connectivity index (χ3n) is 3.02. The van der Waals surface area contributed by atoms with E-state index in [-0.39, 0.29) is 5.78 Å². The molecule has 0 aliphatic carbocycles. The summed E-state index contributed by atoms with van der Waals surface area (Å²) < 4.78 is 0. The summed E-state index contributed by atoms with van der Waals surface area (Å²) >= 11 is 0. The Morgan fingerprint density at radius 3 is 2.53 bits per heavy atom. The Kier molecular flexibility index (Phi) is 3.80. The summed E-state index contributed by atoms with van der Waals surface area (Å²) in [6.45, 7) is 2.29. The fraction of sp³-hybridized carbons (Fsp3) is 0.200. The highest BCUT2D eigenvalue weighted by Gasteiger charge is 2.08. The predicted octanol–water partition coefficient (Wildman–Crippen LogP) is 2.50. The molecule has 0 unspecified atom stereocenters. The summed E-state index contributed by atoms with van der Waals surface area (Å²) in [4.78, 5) is 17.4. The highest BCUT2D eigenvalue weighted by Crippen LogP contribution is 2.22. The Bertz CT molecular complexity index is 581. The first-order valence-corrected chi connectivity index (χ1v) is 6.08. The maximum absolute atomic E-state index is 11.3.